The molecule has 1 aromatic rings. The van der Waals surface area contributed by atoms with Crippen LogP contribution in [-0.2, 0) is 0 Å². The van der Waals surface area contributed by atoms with Crippen LogP contribution in [0, 0.1) is 5.92 Å². The normalized spacial score (nSPS) is 16.7. The van der Waals surface area contributed by atoms with Gasteiger partial charge in [-0.3, -0.25) is 0 Å². The van der Waals surface area contributed by atoms with Gasteiger partial charge in [0.2, 0.25) is 0 Å². The molecule has 0 saturated heterocycles. The van der Waals surface area contributed by atoms with Crippen molar-refractivity contribution in [3.05, 3.63) is 23.9 Å². The summed E-state index contributed by atoms with van der Waals surface area (Å²) in [6.07, 6.45) is 4.68. The lowest BCUT2D eigenvalue weighted by Gasteiger charge is -2.31. The van der Waals surface area contributed by atoms with Gasteiger partial charge in [-0.2, -0.15) is 0 Å². The van der Waals surface area contributed by atoms with Crippen LogP contribution in [0.2, 0.25) is 0 Å². The van der Waals surface area contributed by atoms with E-state index < -0.39 is 0 Å². The van der Waals surface area contributed by atoms with Crippen LogP contribution in [0.25, 0.3) is 0 Å². The monoisotopic (exact) mass is 261 g/mol. The zero-order chi connectivity index (χ0) is 13.8. The lowest BCUT2D eigenvalue weighted by atomic mass is 10.1. The van der Waals surface area contributed by atoms with Crippen LogP contribution in [-0.4, -0.2) is 24.1 Å². The van der Waals surface area contributed by atoms with E-state index in [1.165, 1.54) is 18.4 Å². The van der Waals surface area contributed by atoms with E-state index in [9.17, 15) is 0 Å². The summed E-state index contributed by atoms with van der Waals surface area (Å²) < 4.78 is 0. The number of rotatable bonds is 7. The largest absolute Gasteiger partial charge is 0.354 e. The molecule has 0 spiro atoms. The summed E-state index contributed by atoms with van der Waals surface area (Å²) in [6, 6.07) is 5.11. The highest BCUT2D eigenvalue weighted by Gasteiger charge is 2.27. The van der Waals surface area contributed by atoms with Crippen LogP contribution in [0.5, 0.6) is 0 Å². The Balaban J connectivity index is 2.24. The molecule has 1 aliphatic carbocycles. The minimum Gasteiger partial charge on any atom is -0.354 e. The minimum absolute atomic E-state index is 0.356. The van der Waals surface area contributed by atoms with Gasteiger partial charge in [0, 0.05) is 30.4 Å². The van der Waals surface area contributed by atoms with Crippen molar-refractivity contribution in [1.82, 2.24) is 10.3 Å². The van der Waals surface area contributed by atoms with Gasteiger partial charge in [-0.15, -0.1) is 0 Å². The molecule has 0 aliphatic heterocycles. The van der Waals surface area contributed by atoms with E-state index in [-0.39, 0.29) is 0 Å². The number of hydrogen-bond acceptors (Lipinski definition) is 3. The average Bonchev–Trinajstić information content (AvgIpc) is 3.20. The second-order valence-electron chi connectivity index (χ2n) is 5.89. The summed E-state index contributed by atoms with van der Waals surface area (Å²) in [5.41, 5.74) is 1.32. The Morgan fingerprint density at radius 1 is 1.37 bits per heavy atom. The molecule has 1 N–H and O–H groups in total. The fraction of sp³-hybridized carbons (Fsp3) is 0.688. The maximum Gasteiger partial charge on any atom is 0.133 e. The average molecular weight is 261 g/mol. The molecule has 3 nitrogen and oxygen atoms in total. The Kier molecular flexibility index (Phi) is 4.81. The Hall–Kier alpha value is -1.09. The predicted molar refractivity (Wildman–Crippen MR) is 81.5 cm³/mol. The molecule has 1 saturated carbocycles. The van der Waals surface area contributed by atoms with Crippen molar-refractivity contribution in [1.29, 1.82) is 0 Å². The third kappa shape index (κ3) is 3.69. The zero-order valence-corrected chi connectivity index (χ0v) is 12.7. The second-order valence-corrected chi connectivity index (χ2v) is 5.89. The van der Waals surface area contributed by atoms with E-state index in [0.717, 1.165) is 24.8 Å². The topological polar surface area (TPSA) is 28.2 Å². The summed E-state index contributed by atoms with van der Waals surface area (Å²) in [4.78, 5) is 7.14. The fourth-order valence-electron chi connectivity index (χ4n) is 2.52. The molecule has 0 radical (unpaired) electrons. The van der Waals surface area contributed by atoms with Crippen molar-refractivity contribution in [2.75, 3.05) is 18.0 Å². The number of anilines is 1. The van der Waals surface area contributed by atoms with Gasteiger partial charge in [-0.05, 0) is 52.1 Å². The van der Waals surface area contributed by atoms with Crippen molar-refractivity contribution >= 4 is 5.82 Å². The van der Waals surface area contributed by atoms with Crippen molar-refractivity contribution < 1.29 is 0 Å². The van der Waals surface area contributed by atoms with Gasteiger partial charge in [0.05, 0.1) is 0 Å². The number of pyridine rings is 1. The maximum atomic E-state index is 4.67. The molecule has 2 rings (SSSR count). The molecule has 106 valence electrons. The van der Waals surface area contributed by atoms with Crippen molar-refractivity contribution in [2.45, 2.75) is 52.6 Å². The fourth-order valence-corrected chi connectivity index (χ4v) is 2.52. The van der Waals surface area contributed by atoms with Gasteiger partial charge in [0.25, 0.3) is 0 Å². The van der Waals surface area contributed by atoms with E-state index >= 15 is 0 Å². The van der Waals surface area contributed by atoms with Crippen LogP contribution in [0.1, 0.15) is 52.1 Å². The van der Waals surface area contributed by atoms with E-state index in [2.05, 4.69) is 49.0 Å². The molecule has 1 atom stereocenters. The van der Waals surface area contributed by atoms with Crippen LogP contribution in [0.15, 0.2) is 18.3 Å². The lowest BCUT2D eigenvalue weighted by molar-refractivity contribution is 0.581. The first-order chi connectivity index (χ1) is 9.13. The highest BCUT2D eigenvalue weighted by molar-refractivity contribution is 5.49. The Labute approximate surface area is 117 Å². The first-order valence-corrected chi connectivity index (χ1v) is 7.58. The first kappa shape index (κ1) is 14.3. The molecule has 1 unspecified atom stereocenters. The SMILES string of the molecule is CCNC(C)c1cccnc1N(CC1CC1)C(C)C. The molecule has 1 fully saturated rings. The highest BCUT2D eigenvalue weighted by Crippen LogP contribution is 2.33. The summed E-state index contributed by atoms with van der Waals surface area (Å²) in [7, 11) is 0. The van der Waals surface area contributed by atoms with Gasteiger partial charge < -0.3 is 10.2 Å². The summed E-state index contributed by atoms with van der Waals surface area (Å²) in [6.45, 7) is 11.0. The van der Waals surface area contributed by atoms with E-state index in [4.69, 9.17) is 0 Å². The van der Waals surface area contributed by atoms with Crippen molar-refractivity contribution in [2.24, 2.45) is 5.92 Å². The quantitative estimate of drug-likeness (QED) is 0.815. The summed E-state index contributed by atoms with van der Waals surface area (Å²) >= 11 is 0. The second kappa shape index (κ2) is 6.38. The van der Waals surface area contributed by atoms with Crippen LogP contribution >= 0.6 is 0 Å². The van der Waals surface area contributed by atoms with Crippen molar-refractivity contribution in [3.8, 4) is 0 Å². The number of hydrogen-bond donors (Lipinski definition) is 1. The summed E-state index contributed by atoms with van der Waals surface area (Å²) in [5.74, 6) is 2.05. The molecule has 19 heavy (non-hydrogen) atoms. The van der Waals surface area contributed by atoms with E-state index in [1.807, 2.05) is 12.3 Å². The molecule has 0 bridgehead atoms. The standard InChI is InChI=1S/C16H27N3/c1-5-17-13(4)15-7-6-10-18-16(15)19(12(2)3)11-14-8-9-14/h6-7,10,12-14,17H,5,8-9,11H2,1-4H3. The first-order valence-electron chi connectivity index (χ1n) is 7.58. The molecule has 1 aromatic heterocycles. The van der Waals surface area contributed by atoms with Gasteiger partial charge in [0.15, 0.2) is 0 Å². The number of nitrogens with one attached hydrogen (secondary N) is 1. The van der Waals surface area contributed by atoms with Gasteiger partial charge >= 0.3 is 0 Å². The van der Waals surface area contributed by atoms with Gasteiger partial charge in [0.1, 0.15) is 5.82 Å². The van der Waals surface area contributed by atoms with E-state index in [1.54, 1.807) is 0 Å². The Morgan fingerprint density at radius 2 is 2.11 bits per heavy atom. The Bertz CT molecular complexity index is 399. The Morgan fingerprint density at radius 3 is 2.68 bits per heavy atom. The molecule has 3 heteroatoms. The van der Waals surface area contributed by atoms with Crippen LogP contribution < -0.4 is 10.2 Å². The van der Waals surface area contributed by atoms with Gasteiger partial charge in [-0.25, -0.2) is 4.98 Å². The summed E-state index contributed by atoms with van der Waals surface area (Å²) in [5, 5.41) is 3.50. The molecule has 0 aromatic carbocycles. The third-order valence-corrected chi connectivity index (χ3v) is 3.84. The van der Waals surface area contributed by atoms with E-state index in [0.29, 0.717) is 12.1 Å². The molecule has 1 aliphatic rings. The molecule has 1 heterocycles. The molecular weight excluding hydrogens is 234 g/mol. The smallest absolute Gasteiger partial charge is 0.133 e. The highest BCUT2D eigenvalue weighted by atomic mass is 15.2. The maximum absolute atomic E-state index is 4.67. The molecular formula is C16H27N3. The van der Waals surface area contributed by atoms with Crippen LogP contribution in [0.4, 0.5) is 5.82 Å². The lowest BCUT2D eigenvalue weighted by Crippen LogP contribution is -2.35. The zero-order valence-electron chi connectivity index (χ0n) is 12.7. The van der Waals surface area contributed by atoms with Gasteiger partial charge in [-0.1, -0.05) is 13.0 Å². The van der Waals surface area contributed by atoms with Crippen LogP contribution in [0.3, 0.4) is 0 Å². The minimum atomic E-state index is 0.356. The predicted octanol–water partition coefficient (Wildman–Crippen LogP) is 3.38. The number of aromatic nitrogens is 1. The van der Waals surface area contributed by atoms with Crippen molar-refractivity contribution in [3.63, 3.8) is 0 Å². The third-order valence-electron chi connectivity index (χ3n) is 3.84. The molecule has 0 amide bonds. The number of nitrogens with zero attached hydrogens (tertiary/aromatic N) is 2.